The number of aliphatic hydroxyl groups is 1. The summed E-state index contributed by atoms with van der Waals surface area (Å²) in [5.41, 5.74) is 1.71. The van der Waals surface area contributed by atoms with Gasteiger partial charge < -0.3 is 10.4 Å². The zero-order chi connectivity index (χ0) is 16.8. The maximum absolute atomic E-state index is 12.6. The van der Waals surface area contributed by atoms with E-state index < -0.39 is 11.5 Å². The lowest BCUT2D eigenvalue weighted by Gasteiger charge is -2.20. The van der Waals surface area contributed by atoms with Crippen LogP contribution in [0.4, 0.5) is 5.69 Å². The van der Waals surface area contributed by atoms with Crippen molar-refractivity contribution in [3.8, 4) is 0 Å². The van der Waals surface area contributed by atoms with Crippen LogP contribution in [0.3, 0.4) is 0 Å². The van der Waals surface area contributed by atoms with E-state index >= 15 is 0 Å². The van der Waals surface area contributed by atoms with E-state index in [0.29, 0.717) is 16.8 Å². The number of hydrogen-bond acceptors (Lipinski definition) is 3. The topological polar surface area (TPSA) is 66.4 Å². The van der Waals surface area contributed by atoms with Crippen LogP contribution in [0.25, 0.3) is 0 Å². The van der Waals surface area contributed by atoms with Gasteiger partial charge in [-0.25, -0.2) is 0 Å². The first-order valence-electron chi connectivity index (χ1n) is 7.25. The lowest BCUT2D eigenvalue weighted by Crippen LogP contribution is -2.36. The molecule has 0 bridgehead atoms. The van der Waals surface area contributed by atoms with Crippen LogP contribution in [0.15, 0.2) is 40.9 Å². The molecule has 1 aliphatic rings. The number of amides is 1. The summed E-state index contributed by atoms with van der Waals surface area (Å²) >= 11 is 3.33. The summed E-state index contributed by atoms with van der Waals surface area (Å²) in [6.45, 7) is 3.89. The Balaban J connectivity index is 1.95. The van der Waals surface area contributed by atoms with Crippen LogP contribution in [0, 0.1) is 13.8 Å². The normalized spacial score (nSPS) is 19.4. The van der Waals surface area contributed by atoms with Gasteiger partial charge in [0.25, 0.3) is 5.91 Å². The van der Waals surface area contributed by atoms with Gasteiger partial charge in [0.1, 0.15) is 0 Å². The second kappa shape index (κ2) is 5.58. The summed E-state index contributed by atoms with van der Waals surface area (Å²) in [6, 6.07) is 10.5. The Kier molecular flexibility index (Phi) is 3.86. The van der Waals surface area contributed by atoms with Crippen LogP contribution < -0.4 is 5.32 Å². The fraction of sp³-hybridized carbons (Fsp3) is 0.222. The number of halogens is 1. The molecule has 23 heavy (non-hydrogen) atoms. The van der Waals surface area contributed by atoms with Crippen molar-refractivity contribution in [2.45, 2.75) is 25.9 Å². The standard InChI is InChI=1S/C18H16BrNO3/c1-10-3-4-12(7-11(10)2)16(21)9-18(23)14-8-13(19)5-6-15(14)20-17(18)22/h3-8,23H,9H2,1-2H3,(H,20,22)/t18-/m1/s1. The molecule has 0 fully saturated rings. The minimum atomic E-state index is -1.84. The first kappa shape index (κ1) is 15.9. The van der Waals surface area contributed by atoms with Crippen molar-refractivity contribution in [1.82, 2.24) is 0 Å². The van der Waals surface area contributed by atoms with Crippen molar-refractivity contribution in [1.29, 1.82) is 0 Å². The van der Waals surface area contributed by atoms with Crippen molar-refractivity contribution >= 4 is 33.3 Å². The number of carbonyl (C=O) groups is 2. The summed E-state index contributed by atoms with van der Waals surface area (Å²) < 4.78 is 0.741. The van der Waals surface area contributed by atoms with Crippen LogP contribution in [0.2, 0.25) is 0 Å². The largest absolute Gasteiger partial charge is 0.375 e. The lowest BCUT2D eigenvalue weighted by molar-refractivity contribution is -0.133. The number of aryl methyl sites for hydroxylation is 2. The predicted molar refractivity (Wildman–Crippen MR) is 91.5 cm³/mol. The zero-order valence-corrected chi connectivity index (χ0v) is 14.4. The number of fused-ring (bicyclic) bond motifs is 1. The molecule has 1 heterocycles. The van der Waals surface area contributed by atoms with E-state index in [1.54, 1.807) is 30.3 Å². The number of carbonyl (C=O) groups excluding carboxylic acids is 2. The Morgan fingerprint density at radius 3 is 2.61 bits per heavy atom. The lowest BCUT2D eigenvalue weighted by atomic mass is 9.87. The molecule has 0 radical (unpaired) electrons. The highest BCUT2D eigenvalue weighted by Crippen LogP contribution is 2.40. The molecular formula is C18H16BrNO3. The van der Waals surface area contributed by atoms with Gasteiger partial charge in [0.2, 0.25) is 0 Å². The Morgan fingerprint density at radius 2 is 1.91 bits per heavy atom. The van der Waals surface area contributed by atoms with Gasteiger partial charge in [-0.15, -0.1) is 0 Å². The van der Waals surface area contributed by atoms with E-state index in [9.17, 15) is 14.7 Å². The van der Waals surface area contributed by atoms with Crippen LogP contribution in [0.1, 0.15) is 33.5 Å². The SMILES string of the molecule is Cc1ccc(C(=O)C[C@]2(O)C(=O)Nc3ccc(Br)cc32)cc1C. The van der Waals surface area contributed by atoms with Gasteiger partial charge in [0, 0.05) is 21.3 Å². The van der Waals surface area contributed by atoms with Crippen LogP contribution in [-0.2, 0) is 10.4 Å². The molecule has 0 saturated carbocycles. The van der Waals surface area contributed by atoms with Crippen molar-refractivity contribution < 1.29 is 14.7 Å². The molecule has 0 aromatic heterocycles. The number of rotatable bonds is 3. The molecule has 2 aromatic rings. The molecule has 1 amide bonds. The molecule has 0 saturated heterocycles. The number of Topliss-reactive ketones (excluding diaryl/α,β-unsaturated/α-hetero) is 1. The molecule has 0 unspecified atom stereocenters. The fourth-order valence-electron chi connectivity index (χ4n) is 2.74. The monoisotopic (exact) mass is 373 g/mol. The van der Waals surface area contributed by atoms with E-state index in [2.05, 4.69) is 21.2 Å². The Labute approximate surface area is 142 Å². The third kappa shape index (κ3) is 2.71. The van der Waals surface area contributed by atoms with Crippen LogP contribution in [-0.4, -0.2) is 16.8 Å². The third-order valence-corrected chi connectivity index (χ3v) is 4.79. The summed E-state index contributed by atoms with van der Waals surface area (Å²) in [7, 11) is 0. The highest BCUT2D eigenvalue weighted by molar-refractivity contribution is 9.10. The predicted octanol–water partition coefficient (Wildman–Crippen LogP) is 3.48. The number of nitrogens with one attached hydrogen (secondary N) is 1. The van der Waals surface area contributed by atoms with Crippen molar-refractivity contribution in [3.63, 3.8) is 0 Å². The number of ketones is 1. The van der Waals surface area contributed by atoms with Crippen molar-refractivity contribution in [2.24, 2.45) is 0 Å². The van der Waals surface area contributed by atoms with E-state index in [1.807, 2.05) is 19.9 Å². The summed E-state index contributed by atoms with van der Waals surface area (Å²) in [5.74, 6) is -0.832. The van der Waals surface area contributed by atoms with Gasteiger partial charge in [-0.05, 0) is 49.2 Å². The smallest absolute Gasteiger partial charge is 0.261 e. The molecule has 1 aliphatic heterocycles. The third-order valence-electron chi connectivity index (χ3n) is 4.30. The average molecular weight is 374 g/mol. The summed E-state index contributed by atoms with van der Waals surface area (Å²) in [6.07, 6.45) is -0.287. The van der Waals surface area contributed by atoms with E-state index in [1.165, 1.54) is 0 Å². The summed E-state index contributed by atoms with van der Waals surface area (Å²) in [5, 5.41) is 13.5. The van der Waals surface area contributed by atoms with Gasteiger partial charge in [-0.1, -0.05) is 28.1 Å². The van der Waals surface area contributed by atoms with Crippen LogP contribution >= 0.6 is 15.9 Å². The highest BCUT2D eigenvalue weighted by Gasteiger charge is 2.46. The van der Waals surface area contributed by atoms with Gasteiger partial charge in [0.15, 0.2) is 11.4 Å². The minimum absolute atomic E-state index is 0.265. The minimum Gasteiger partial charge on any atom is -0.375 e. The molecule has 0 spiro atoms. The number of hydrogen-bond donors (Lipinski definition) is 2. The highest BCUT2D eigenvalue weighted by atomic mass is 79.9. The van der Waals surface area contributed by atoms with Crippen LogP contribution in [0.5, 0.6) is 0 Å². The maximum atomic E-state index is 12.6. The Hall–Kier alpha value is -1.98. The molecule has 4 nitrogen and oxygen atoms in total. The van der Waals surface area contributed by atoms with Gasteiger partial charge in [0.05, 0.1) is 6.42 Å². The van der Waals surface area contributed by atoms with Crippen molar-refractivity contribution in [2.75, 3.05) is 5.32 Å². The first-order valence-corrected chi connectivity index (χ1v) is 8.05. The fourth-order valence-corrected chi connectivity index (χ4v) is 3.10. The van der Waals surface area contributed by atoms with Gasteiger partial charge >= 0.3 is 0 Å². The Morgan fingerprint density at radius 1 is 1.17 bits per heavy atom. The van der Waals surface area contributed by atoms with Gasteiger partial charge in [-0.2, -0.15) is 0 Å². The maximum Gasteiger partial charge on any atom is 0.261 e. The van der Waals surface area contributed by atoms with E-state index in [0.717, 1.165) is 15.6 Å². The molecule has 118 valence electrons. The zero-order valence-electron chi connectivity index (χ0n) is 12.8. The van der Waals surface area contributed by atoms with Gasteiger partial charge in [-0.3, -0.25) is 9.59 Å². The summed E-state index contributed by atoms with van der Waals surface area (Å²) in [4.78, 5) is 24.8. The molecule has 0 aliphatic carbocycles. The second-order valence-electron chi connectivity index (χ2n) is 5.90. The number of benzene rings is 2. The molecule has 3 rings (SSSR count). The molecule has 5 heteroatoms. The molecule has 2 N–H and O–H groups in total. The quantitative estimate of drug-likeness (QED) is 0.809. The Bertz CT molecular complexity index is 831. The van der Waals surface area contributed by atoms with E-state index in [4.69, 9.17) is 0 Å². The molecular weight excluding hydrogens is 358 g/mol. The second-order valence-corrected chi connectivity index (χ2v) is 6.82. The number of anilines is 1. The molecule has 2 aromatic carbocycles. The van der Waals surface area contributed by atoms with Crippen molar-refractivity contribution in [3.05, 3.63) is 63.1 Å². The molecule has 1 atom stereocenters. The average Bonchev–Trinajstić information content (AvgIpc) is 2.73. The van der Waals surface area contributed by atoms with E-state index in [-0.39, 0.29) is 12.2 Å². The first-order chi connectivity index (χ1) is 10.8.